The molecule has 0 aliphatic rings. The first-order valence-electron chi connectivity index (χ1n) is 3.22. The molecule has 0 spiro atoms. The van der Waals surface area contributed by atoms with Crippen LogP contribution in [-0.2, 0) is 4.79 Å². The molecule has 1 amide bonds. The zero-order valence-electron chi connectivity index (χ0n) is 5.95. The predicted octanol–water partition coefficient (Wildman–Crippen LogP) is -0.715. The first kappa shape index (κ1) is 7.74. The van der Waals surface area contributed by atoms with Crippen molar-refractivity contribution < 1.29 is 4.79 Å². The molecule has 1 aromatic heterocycles. The first-order chi connectivity index (χ1) is 5.20. The third kappa shape index (κ3) is 2.05. The molecule has 1 atom stereocenters. The number of carbonyl (C=O) groups is 1. The Hall–Kier alpha value is -1.36. The molecule has 5 nitrogen and oxygen atoms in total. The summed E-state index contributed by atoms with van der Waals surface area (Å²) < 4.78 is 0. The van der Waals surface area contributed by atoms with Crippen LogP contribution in [0.3, 0.4) is 0 Å². The molecular weight excluding hydrogens is 144 g/mol. The number of imidazole rings is 1. The Bertz CT molecular complexity index is 231. The summed E-state index contributed by atoms with van der Waals surface area (Å²) >= 11 is 0. The number of amides is 1. The highest BCUT2D eigenvalue weighted by molar-refractivity contribution is 5.74. The summed E-state index contributed by atoms with van der Waals surface area (Å²) in [5.41, 5.74) is 11.2. The van der Waals surface area contributed by atoms with Crippen molar-refractivity contribution in [2.24, 2.45) is 11.5 Å². The second-order valence-electron chi connectivity index (χ2n) is 2.28. The number of aromatic amines is 1. The maximum atomic E-state index is 10.4. The van der Waals surface area contributed by atoms with Crippen LogP contribution in [0.15, 0.2) is 12.5 Å². The van der Waals surface area contributed by atoms with E-state index < -0.39 is 5.91 Å². The van der Waals surface area contributed by atoms with Crippen LogP contribution in [0, 0.1) is 0 Å². The van der Waals surface area contributed by atoms with Crippen molar-refractivity contribution >= 4 is 5.91 Å². The standard InChI is InChI=1S/C6H10N4O/c7-4(1-6(8)11)5-2-9-3-10-5/h2-4H,1,7H2,(H2,8,11)(H,9,10). The van der Waals surface area contributed by atoms with Crippen LogP contribution < -0.4 is 11.5 Å². The van der Waals surface area contributed by atoms with E-state index >= 15 is 0 Å². The summed E-state index contributed by atoms with van der Waals surface area (Å²) in [6, 6.07) is -0.366. The average molecular weight is 154 g/mol. The fraction of sp³-hybridized carbons (Fsp3) is 0.333. The SMILES string of the molecule is NC(=O)CC(N)c1cnc[nH]1. The minimum Gasteiger partial charge on any atom is -0.370 e. The van der Waals surface area contributed by atoms with Gasteiger partial charge in [-0.15, -0.1) is 0 Å². The molecule has 0 fully saturated rings. The van der Waals surface area contributed by atoms with Crippen LogP contribution in [0.4, 0.5) is 0 Å². The van der Waals surface area contributed by atoms with Crippen molar-refractivity contribution in [2.75, 3.05) is 0 Å². The largest absolute Gasteiger partial charge is 0.370 e. The first-order valence-corrected chi connectivity index (χ1v) is 3.22. The van der Waals surface area contributed by atoms with E-state index in [1.807, 2.05) is 0 Å². The number of aromatic nitrogens is 2. The molecule has 0 aliphatic carbocycles. The molecule has 0 saturated heterocycles. The molecule has 0 saturated carbocycles. The highest BCUT2D eigenvalue weighted by atomic mass is 16.1. The number of primary amides is 1. The molecule has 60 valence electrons. The summed E-state index contributed by atoms with van der Waals surface area (Å²) in [5, 5.41) is 0. The highest BCUT2D eigenvalue weighted by Gasteiger charge is 2.09. The predicted molar refractivity (Wildman–Crippen MR) is 39.3 cm³/mol. The summed E-state index contributed by atoms with van der Waals surface area (Å²) in [5.74, 6) is -0.410. The minimum atomic E-state index is -0.410. The van der Waals surface area contributed by atoms with Gasteiger partial charge in [-0.25, -0.2) is 4.98 Å². The van der Waals surface area contributed by atoms with Crippen molar-refractivity contribution in [1.82, 2.24) is 9.97 Å². The topological polar surface area (TPSA) is 97.8 Å². The monoisotopic (exact) mass is 154 g/mol. The number of H-pyrrole nitrogens is 1. The van der Waals surface area contributed by atoms with Crippen molar-refractivity contribution in [3.8, 4) is 0 Å². The van der Waals surface area contributed by atoms with Crippen LogP contribution in [-0.4, -0.2) is 15.9 Å². The van der Waals surface area contributed by atoms with Gasteiger partial charge in [0.1, 0.15) is 0 Å². The van der Waals surface area contributed by atoms with Gasteiger partial charge in [0.25, 0.3) is 0 Å². The Kier molecular flexibility index (Phi) is 2.22. The molecule has 0 aromatic carbocycles. The lowest BCUT2D eigenvalue weighted by Crippen LogP contribution is -2.20. The molecule has 1 rings (SSSR count). The zero-order chi connectivity index (χ0) is 8.27. The van der Waals surface area contributed by atoms with Gasteiger partial charge >= 0.3 is 0 Å². The quantitative estimate of drug-likeness (QED) is 0.536. The number of nitrogens with zero attached hydrogens (tertiary/aromatic N) is 1. The van der Waals surface area contributed by atoms with E-state index in [0.29, 0.717) is 0 Å². The number of rotatable bonds is 3. The second-order valence-corrected chi connectivity index (χ2v) is 2.28. The molecule has 1 aromatic rings. The van der Waals surface area contributed by atoms with Crippen LogP contribution in [0.5, 0.6) is 0 Å². The van der Waals surface area contributed by atoms with Gasteiger partial charge in [0.05, 0.1) is 18.1 Å². The van der Waals surface area contributed by atoms with E-state index in [4.69, 9.17) is 11.5 Å². The van der Waals surface area contributed by atoms with E-state index in [-0.39, 0.29) is 12.5 Å². The van der Waals surface area contributed by atoms with Gasteiger partial charge in [0.15, 0.2) is 0 Å². The number of hydrogen-bond acceptors (Lipinski definition) is 3. The van der Waals surface area contributed by atoms with Crippen molar-refractivity contribution in [2.45, 2.75) is 12.5 Å². The molecule has 0 radical (unpaired) electrons. The third-order valence-corrected chi connectivity index (χ3v) is 1.34. The summed E-state index contributed by atoms with van der Waals surface area (Å²) in [6.45, 7) is 0. The molecule has 0 bridgehead atoms. The van der Waals surface area contributed by atoms with Gasteiger partial charge in [-0.2, -0.15) is 0 Å². The summed E-state index contributed by atoms with van der Waals surface area (Å²) in [7, 11) is 0. The van der Waals surface area contributed by atoms with Crippen LogP contribution >= 0.6 is 0 Å². The van der Waals surface area contributed by atoms with Crippen LogP contribution in [0.1, 0.15) is 18.2 Å². The summed E-state index contributed by atoms with van der Waals surface area (Å²) in [6.07, 6.45) is 3.23. The maximum absolute atomic E-state index is 10.4. The van der Waals surface area contributed by atoms with E-state index in [0.717, 1.165) is 5.69 Å². The number of hydrogen-bond donors (Lipinski definition) is 3. The number of carbonyl (C=O) groups excluding carboxylic acids is 1. The Morgan fingerprint density at radius 1 is 1.82 bits per heavy atom. The Balaban J connectivity index is 2.56. The normalized spacial score (nSPS) is 12.8. The van der Waals surface area contributed by atoms with Gasteiger partial charge < -0.3 is 16.5 Å². The molecule has 1 heterocycles. The lowest BCUT2D eigenvalue weighted by Gasteiger charge is -2.04. The molecule has 5 heteroatoms. The van der Waals surface area contributed by atoms with Crippen LogP contribution in [0.2, 0.25) is 0 Å². The molecule has 11 heavy (non-hydrogen) atoms. The highest BCUT2D eigenvalue weighted by Crippen LogP contribution is 2.08. The molecule has 1 unspecified atom stereocenters. The van der Waals surface area contributed by atoms with Crippen LogP contribution in [0.25, 0.3) is 0 Å². The van der Waals surface area contributed by atoms with Gasteiger partial charge in [-0.1, -0.05) is 0 Å². The van der Waals surface area contributed by atoms with Crippen molar-refractivity contribution in [1.29, 1.82) is 0 Å². The molecular formula is C6H10N4O. The smallest absolute Gasteiger partial charge is 0.219 e. The number of nitrogens with one attached hydrogen (secondary N) is 1. The van der Waals surface area contributed by atoms with Gasteiger partial charge in [-0.3, -0.25) is 4.79 Å². The van der Waals surface area contributed by atoms with Gasteiger partial charge in [0.2, 0.25) is 5.91 Å². The van der Waals surface area contributed by atoms with Crippen molar-refractivity contribution in [3.63, 3.8) is 0 Å². The van der Waals surface area contributed by atoms with E-state index in [1.165, 1.54) is 6.33 Å². The lowest BCUT2D eigenvalue weighted by molar-refractivity contribution is -0.118. The molecule has 5 N–H and O–H groups in total. The Morgan fingerprint density at radius 2 is 2.55 bits per heavy atom. The maximum Gasteiger partial charge on any atom is 0.219 e. The summed E-state index contributed by atoms with van der Waals surface area (Å²) in [4.78, 5) is 17.0. The van der Waals surface area contributed by atoms with E-state index in [1.54, 1.807) is 6.20 Å². The Labute approximate surface area is 63.8 Å². The molecule has 0 aliphatic heterocycles. The lowest BCUT2D eigenvalue weighted by atomic mass is 10.1. The fourth-order valence-corrected chi connectivity index (χ4v) is 0.796. The number of nitrogens with two attached hydrogens (primary N) is 2. The van der Waals surface area contributed by atoms with E-state index in [9.17, 15) is 4.79 Å². The zero-order valence-corrected chi connectivity index (χ0v) is 5.95. The average Bonchev–Trinajstić information content (AvgIpc) is 2.35. The fourth-order valence-electron chi connectivity index (χ4n) is 0.796. The van der Waals surface area contributed by atoms with Crippen molar-refractivity contribution in [3.05, 3.63) is 18.2 Å². The third-order valence-electron chi connectivity index (χ3n) is 1.34. The second kappa shape index (κ2) is 3.16. The minimum absolute atomic E-state index is 0.141. The van der Waals surface area contributed by atoms with Gasteiger partial charge in [0, 0.05) is 12.6 Å². The Morgan fingerprint density at radius 3 is 3.00 bits per heavy atom. The van der Waals surface area contributed by atoms with E-state index in [2.05, 4.69) is 9.97 Å². The van der Waals surface area contributed by atoms with Gasteiger partial charge in [-0.05, 0) is 0 Å².